The van der Waals surface area contributed by atoms with E-state index in [1.165, 1.54) is 82.9 Å². The van der Waals surface area contributed by atoms with Crippen molar-refractivity contribution in [1.82, 2.24) is 4.90 Å². The topological polar surface area (TPSA) is 41.6 Å². The van der Waals surface area contributed by atoms with Crippen LogP contribution in [-0.2, 0) is 0 Å². The average Bonchev–Trinajstić information content (AvgIpc) is 3.00. The van der Waals surface area contributed by atoms with Crippen molar-refractivity contribution >= 4 is 5.84 Å². The van der Waals surface area contributed by atoms with Gasteiger partial charge in [0.1, 0.15) is 5.84 Å². The highest BCUT2D eigenvalue weighted by atomic mass is 15.3. The highest BCUT2D eigenvalue weighted by molar-refractivity contribution is 5.83. The summed E-state index contributed by atoms with van der Waals surface area (Å²) in [6, 6.07) is 0. The summed E-state index contributed by atoms with van der Waals surface area (Å²) in [6.45, 7) is 7.77. The molecule has 0 aromatic carbocycles. The molecule has 0 radical (unpaired) electrons. The van der Waals surface area contributed by atoms with E-state index < -0.39 is 0 Å². The minimum Gasteiger partial charge on any atom is -0.343 e. The zero-order valence-corrected chi connectivity index (χ0v) is 15.4. The molecule has 2 N–H and O–H groups in total. The van der Waals surface area contributed by atoms with Crippen molar-refractivity contribution in [2.45, 2.75) is 96.6 Å². The Morgan fingerprint density at radius 2 is 1.52 bits per heavy atom. The smallest absolute Gasteiger partial charge is 0.100 e. The number of hydrogen-bond acceptors (Lipinski definition) is 3. The van der Waals surface area contributed by atoms with E-state index in [0.29, 0.717) is 0 Å². The molecule has 134 valence electrons. The molecule has 0 saturated carbocycles. The highest BCUT2D eigenvalue weighted by Gasteiger charge is 2.18. The fourth-order valence-corrected chi connectivity index (χ4v) is 3.33. The molecule has 0 aliphatic carbocycles. The van der Waals surface area contributed by atoms with Crippen molar-refractivity contribution in [2.75, 3.05) is 13.1 Å². The Morgan fingerprint density at radius 3 is 2.04 bits per heavy atom. The van der Waals surface area contributed by atoms with Crippen LogP contribution in [0.25, 0.3) is 0 Å². The number of hydrogen-bond donors (Lipinski definition) is 1. The molecule has 0 spiro atoms. The molecule has 1 aliphatic rings. The fourth-order valence-electron chi connectivity index (χ4n) is 3.33. The predicted octanol–water partition coefficient (Wildman–Crippen LogP) is 5.26. The Labute approximate surface area is 144 Å². The standard InChI is InChI=1S/C20H39N3/c1-3-4-5-6-7-8-9-10-11-12-13-14-15-16-20-22-17-18-23(20)19(2)21/h3,19H,1,4-18,21H2,2H3. The van der Waals surface area contributed by atoms with Gasteiger partial charge in [-0.1, -0.05) is 63.9 Å². The third-order valence-corrected chi connectivity index (χ3v) is 4.77. The van der Waals surface area contributed by atoms with Crippen molar-refractivity contribution in [3.8, 4) is 0 Å². The Bertz CT molecular complexity index is 323. The zero-order chi connectivity index (χ0) is 16.8. The maximum Gasteiger partial charge on any atom is 0.100 e. The molecule has 0 fully saturated rings. The number of rotatable bonds is 15. The van der Waals surface area contributed by atoms with Gasteiger partial charge in [-0.15, -0.1) is 6.58 Å². The summed E-state index contributed by atoms with van der Waals surface area (Å²) in [7, 11) is 0. The number of unbranched alkanes of at least 4 members (excludes halogenated alkanes) is 11. The number of aliphatic imine (C=N–C) groups is 1. The first-order valence-corrected chi connectivity index (χ1v) is 9.92. The van der Waals surface area contributed by atoms with Gasteiger partial charge in [0.15, 0.2) is 0 Å². The molecule has 3 heteroatoms. The molecule has 1 atom stereocenters. The molecule has 0 aromatic rings. The zero-order valence-electron chi connectivity index (χ0n) is 15.4. The van der Waals surface area contributed by atoms with E-state index in [4.69, 9.17) is 5.73 Å². The lowest BCUT2D eigenvalue weighted by Gasteiger charge is -2.24. The van der Waals surface area contributed by atoms with E-state index >= 15 is 0 Å². The van der Waals surface area contributed by atoms with Crippen LogP contribution in [0.5, 0.6) is 0 Å². The van der Waals surface area contributed by atoms with Gasteiger partial charge in [-0.2, -0.15) is 0 Å². The molecule has 0 amide bonds. The molecule has 0 bridgehead atoms. The summed E-state index contributed by atoms with van der Waals surface area (Å²) in [5.74, 6) is 1.25. The first-order chi connectivity index (χ1) is 11.3. The Kier molecular flexibility index (Phi) is 11.9. The quantitative estimate of drug-likeness (QED) is 0.330. The summed E-state index contributed by atoms with van der Waals surface area (Å²) in [6.07, 6.45) is 19.7. The average molecular weight is 322 g/mol. The van der Waals surface area contributed by atoms with Crippen LogP contribution in [0.4, 0.5) is 0 Å². The normalized spacial score (nSPS) is 15.7. The number of nitrogens with two attached hydrogens (primary N) is 1. The third kappa shape index (κ3) is 9.80. The van der Waals surface area contributed by atoms with Crippen LogP contribution in [0, 0.1) is 0 Å². The second-order valence-corrected chi connectivity index (χ2v) is 6.95. The van der Waals surface area contributed by atoms with Crippen LogP contribution < -0.4 is 5.73 Å². The van der Waals surface area contributed by atoms with Crippen LogP contribution in [0.3, 0.4) is 0 Å². The fraction of sp³-hybridized carbons (Fsp3) is 0.850. The lowest BCUT2D eigenvalue weighted by atomic mass is 10.0. The molecular formula is C20H39N3. The summed E-state index contributed by atoms with van der Waals surface area (Å²) >= 11 is 0. The number of amidine groups is 1. The van der Waals surface area contributed by atoms with Crippen molar-refractivity contribution < 1.29 is 0 Å². The van der Waals surface area contributed by atoms with Gasteiger partial charge in [0.05, 0.1) is 12.7 Å². The van der Waals surface area contributed by atoms with Crippen LogP contribution >= 0.6 is 0 Å². The summed E-state index contributed by atoms with van der Waals surface area (Å²) < 4.78 is 0. The maximum absolute atomic E-state index is 5.97. The third-order valence-electron chi connectivity index (χ3n) is 4.77. The van der Waals surface area contributed by atoms with Gasteiger partial charge in [-0.3, -0.25) is 4.99 Å². The van der Waals surface area contributed by atoms with E-state index in [-0.39, 0.29) is 6.17 Å². The van der Waals surface area contributed by atoms with Gasteiger partial charge in [0, 0.05) is 13.0 Å². The van der Waals surface area contributed by atoms with Crippen LogP contribution in [0.1, 0.15) is 90.4 Å². The van der Waals surface area contributed by atoms with E-state index in [0.717, 1.165) is 19.5 Å². The molecule has 0 aromatic heterocycles. The molecule has 1 unspecified atom stereocenters. The van der Waals surface area contributed by atoms with Crippen LogP contribution in [0.15, 0.2) is 17.6 Å². The van der Waals surface area contributed by atoms with E-state index in [9.17, 15) is 0 Å². The first-order valence-electron chi connectivity index (χ1n) is 9.92. The second-order valence-electron chi connectivity index (χ2n) is 6.95. The number of allylic oxidation sites excluding steroid dienone is 1. The summed E-state index contributed by atoms with van der Waals surface area (Å²) in [5.41, 5.74) is 5.97. The molecule has 1 heterocycles. The minimum atomic E-state index is 0.119. The van der Waals surface area contributed by atoms with Gasteiger partial charge in [0.2, 0.25) is 0 Å². The Morgan fingerprint density at radius 1 is 1.00 bits per heavy atom. The van der Waals surface area contributed by atoms with Crippen molar-refractivity contribution in [1.29, 1.82) is 0 Å². The molecular weight excluding hydrogens is 282 g/mol. The summed E-state index contributed by atoms with van der Waals surface area (Å²) in [5, 5.41) is 0. The minimum absolute atomic E-state index is 0.119. The van der Waals surface area contributed by atoms with Crippen LogP contribution in [-0.4, -0.2) is 30.0 Å². The monoisotopic (exact) mass is 321 g/mol. The SMILES string of the molecule is C=CCCCCCCCCCCCCCC1=NCCN1C(C)N. The summed E-state index contributed by atoms with van der Waals surface area (Å²) in [4.78, 5) is 6.85. The van der Waals surface area contributed by atoms with Gasteiger partial charge >= 0.3 is 0 Å². The molecule has 3 nitrogen and oxygen atoms in total. The van der Waals surface area contributed by atoms with E-state index in [1.54, 1.807) is 0 Å². The van der Waals surface area contributed by atoms with Crippen LogP contribution in [0.2, 0.25) is 0 Å². The lowest BCUT2D eigenvalue weighted by Crippen LogP contribution is -2.41. The number of nitrogens with zero attached hydrogens (tertiary/aromatic N) is 2. The largest absolute Gasteiger partial charge is 0.343 e. The van der Waals surface area contributed by atoms with Crippen molar-refractivity contribution in [3.05, 3.63) is 12.7 Å². The highest BCUT2D eigenvalue weighted by Crippen LogP contribution is 2.14. The van der Waals surface area contributed by atoms with Crippen molar-refractivity contribution in [2.24, 2.45) is 10.7 Å². The van der Waals surface area contributed by atoms with E-state index in [1.807, 2.05) is 6.08 Å². The van der Waals surface area contributed by atoms with Gasteiger partial charge in [-0.25, -0.2) is 0 Å². The van der Waals surface area contributed by atoms with Gasteiger partial charge in [0.25, 0.3) is 0 Å². The Hall–Kier alpha value is -0.830. The van der Waals surface area contributed by atoms with Gasteiger partial charge < -0.3 is 10.6 Å². The second kappa shape index (κ2) is 13.6. The lowest BCUT2D eigenvalue weighted by molar-refractivity contribution is 0.358. The maximum atomic E-state index is 5.97. The molecule has 23 heavy (non-hydrogen) atoms. The van der Waals surface area contributed by atoms with Crippen molar-refractivity contribution in [3.63, 3.8) is 0 Å². The van der Waals surface area contributed by atoms with E-state index in [2.05, 4.69) is 23.4 Å². The predicted molar refractivity (Wildman–Crippen MR) is 103 cm³/mol. The molecule has 1 aliphatic heterocycles. The van der Waals surface area contributed by atoms with Gasteiger partial charge in [-0.05, 0) is 26.2 Å². The molecule has 1 rings (SSSR count). The first kappa shape index (κ1) is 20.2. The Balaban J connectivity index is 1.82. The molecule has 0 saturated heterocycles.